The van der Waals surface area contributed by atoms with Crippen molar-refractivity contribution in [3.63, 3.8) is 0 Å². The van der Waals surface area contributed by atoms with Gasteiger partial charge in [-0.3, -0.25) is 9.80 Å². The van der Waals surface area contributed by atoms with Crippen molar-refractivity contribution in [3.8, 4) is 0 Å². The maximum atomic E-state index is 12.4. The molecule has 0 spiro atoms. The Hall–Kier alpha value is -1.11. The summed E-state index contributed by atoms with van der Waals surface area (Å²) in [6.07, 6.45) is -4.77. The zero-order valence-electron chi connectivity index (χ0n) is 12.1. The third-order valence-electron chi connectivity index (χ3n) is 3.98. The van der Waals surface area contributed by atoms with Gasteiger partial charge in [-0.05, 0) is 12.5 Å². The number of halogens is 3. The van der Waals surface area contributed by atoms with E-state index in [1.807, 2.05) is 42.2 Å². The van der Waals surface area contributed by atoms with Crippen LogP contribution < -0.4 is 0 Å². The molecule has 1 aliphatic heterocycles. The summed E-state index contributed by atoms with van der Waals surface area (Å²) >= 11 is 0. The highest BCUT2D eigenvalue weighted by Crippen LogP contribution is 2.23. The Bertz CT molecular complexity index is 430. The van der Waals surface area contributed by atoms with E-state index in [4.69, 9.17) is 0 Å². The lowest BCUT2D eigenvalue weighted by atomic mass is 10.0. The highest BCUT2D eigenvalue weighted by Gasteiger charge is 2.33. The highest BCUT2D eigenvalue weighted by molar-refractivity contribution is 5.18. The molecule has 0 aliphatic carbocycles. The molecule has 0 saturated carbocycles. The van der Waals surface area contributed by atoms with E-state index in [9.17, 15) is 18.3 Å². The first-order valence-corrected chi connectivity index (χ1v) is 7.13. The van der Waals surface area contributed by atoms with Crippen molar-refractivity contribution in [1.82, 2.24) is 9.80 Å². The molecule has 1 N–H and O–H groups in total. The molecule has 1 aromatic rings. The minimum absolute atomic E-state index is 0.111. The van der Waals surface area contributed by atoms with Gasteiger partial charge in [0, 0.05) is 32.2 Å². The minimum atomic E-state index is -4.14. The molecular weight excluding hydrogens is 281 g/mol. The Morgan fingerprint density at radius 3 is 2.19 bits per heavy atom. The van der Waals surface area contributed by atoms with Crippen LogP contribution in [0.25, 0.3) is 0 Å². The van der Waals surface area contributed by atoms with Gasteiger partial charge in [-0.1, -0.05) is 30.3 Å². The summed E-state index contributed by atoms with van der Waals surface area (Å²) in [6.45, 7) is 2.91. The molecule has 2 atom stereocenters. The lowest BCUT2D eigenvalue weighted by Crippen LogP contribution is -2.52. The minimum Gasteiger partial charge on any atom is -0.387 e. The maximum absolute atomic E-state index is 12.4. The van der Waals surface area contributed by atoms with E-state index < -0.39 is 18.8 Å². The van der Waals surface area contributed by atoms with Crippen molar-refractivity contribution in [2.24, 2.45) is 0 Å². The normalized spacial score (nSPS) is 21.2. The second-order valence-corrected chi connectivity index (χ2v) is 5.52. The van der Waals surface area contributed by atoms with E-state index in [2.05, 4.69) is 0 Å². The van der Waals surface area contributed by atoms with Gasteiger partial charge in [0.15, 0.2) is 0 Å². The highest BCUT2D eigenvalue weighted by atomic mass is 19.4. The summed E-state index contributed by atoms with van der Waals surface area (Å²) in [4.78, 5) is 3.46. The first-order valence-electron chi connectivity index (χ1n) is 7.13. The van der Waals surface area contributed by atoms with Crippen molar-refractivity contribution in [3.05, 3.63) is 35.9 Å². The summed E-state index contributed by atoms with van der Waals surface area (Å²) in [5, 5.41) is 10.4. The Balaban J connectivity index is 1.87. The predicted molar refractivity (Wildman–Crippen MR) is 74.9 cm³/mol. The van der Waals surface area contributed by atoms with Crippen LogP contribution in [0, 0.1) is 0 Å². The lowest BCUT2D eigenvalue weighted by Gasteiger charge is -2.39. The quantitative estimate of drug-likeness (QED) is 0.924. The van der Waals surface area contributed by atoms with Gasteiger partial charge in [-0.15, -0.1) is 0 Å². The van der Waals surface area contributed by atoms with Crippen molar-refractivity contribution >= 4 is 0 Å². The first kappa shape index (κ1) is 16.3. The van der Waals surface area contributed by atoms with Crippen LogP contribution in [0.2, 0.25) is 0 Å². The van der Waals surface area contributed by atoms with E-state index >= 15 is 0 Å². The molecule has 2 unspecified atom stereocenters. The number of alkyl halides is 3. The molecule has 1 aromatic carbocycles. The molecule has 21 heavy (non-hydrogen) atoms. The topological polar surface area (TPSA) is 26.7 Å². The van der Waals surface area contributed by atoms with Gasteiger partial charge in [0.25, 0.3) is 0 Å². The summed E-state index contributed by atoms with van der Waals surface area (Å²) in [6, 6.07) is 9.23. The number of piperazine rings is 1. The second-order valence-electron chi connectivity index (χ2n) is 5.52. The van der Waals surface area contributed by atoms with E-state index in [-0.39, 0.29) is 6.04 Å². The van der Waals surface area contributed by atoms with E-state index in [0.29, 0.717) is 26.2 Å². The van der Waals surface area contributed by atoms with Crippen molar-refractivity contribution in [2.75, 3.05) is 32.7 Å². The van der Waals surface area contributed by atoms with Gasteiger partial charge in [-0.2, -0.15) is 13.2 Å². The van der Waals surface area contributed by atoms with Gasteiger partial charge in [0.05, 0.1) is 12.6 Å². The van der Waals surface area contributed by atoms with Crippen LogP contribution in [0.3, 0.4) is 0 Å². The standard InChI is InChI=1S/C15H21F3N2O/c1-12(14(21)13-5-3-2-4-6-13)20-9-7-19(8-10-20)11-15(16,17)18/h2-6,12,14,21H,7-11H2,1H3. The largest absolute Gasteiger partial charge is 0.401 e. The fourth-order valence-electron chi connectivity index (χ4n) is 2.71. The van der Waals surface area contributed by atoms with Crippen molar-refractivity contribution in [2.45, 2.75) is 25.2 Å². The number of benzene rings is 1. The van der Waals surface area contributed by atoms with Crippen LogP contribution >= 0.6 is 0 Å². The molecule has 2 rings (SSSR count). The van der Waals surface area contributed by atoms with Crippen LogP contribution in [0.1, 0.15) is 18.6 Å². The summed E-state index contributed by atoms with van der Waals surface area (Å²) in [7, 11) is 0. The van der Waals surface area contributed by atoms with Crippen LogP contribution in [-0.4, -0.2) is 59.8 Å². The number of hydrogen-bond acceptors (Lipinski definition) is 3. The number of aliphatic hydroxyl groups excluding tert-OH is 1. The molecular formula is C15H21F3N2O. The van der Waals surface area contributed by atoms with Crippen LogP contribution in [0.15, 0.2) is 30.3 Å². The first-order chi connectivity index (χ1) is 9.87. The molecule has 1 heterocycles. The number of rotatable bonds is 4. The lowest BCUT2D eigenvalue weighted by molar-refractivity contribution is -0.150. The monoisotopic (exact) mass is 302 g/mol. The third kappa shape index (κ3) is 4.69. The Morgan fingerprint density at radius 1 is 1.10 bits per heavy atom. The average molecular weight is 302 g/mol. The smallest absolute Gasteiger partial charge is 0.387 e. The molecule has 6 heteroatoms. The fraction of sp³-hybridized carbons (Fsp3) is 0.600. The number of aliphatic hydroxyl groups is 1. The van der Waals surface area contributed by atoms with Crippen molar-refractivity contribution in [1.29, 1.82) is 0 Å². The number of nitrogens with zero attached hydrogens (tertiary/aromatic N) is 2. The van der Waals surface area contributed by atoms with E-state index in [1.54, 1.807) is 0 Å². The van der Waals surface area contributed by atoms with E-state index in [0.717, 1.165) is 5.56 Å². The van der Waals surface area contributed by atoms with Crippen LogP contribution in [0.4, 0.5) is 13.2 Å². The fourth-order valence-corrected chi connectivity index (χ4v) is 2.71. The molecule has 0 aromatic heterocycles. The zero-order valence-corrected chi connectivity index (χ0v) is 12.1. The number of hydrogen-bond donors (Lipinski definition) is 1. The molecule has 1 aliphatic rings. The van der Waals surface area contributed by atoms with Crippen molar-refractivity contribution < 1.29 is 18.3 Å². The van der Waals surface area contributed by atoms with Gasteiger partial charge in [0.1, 0.15) is 0 Å². The Labute approximate surface area is 123 Å². The van der Waals surface area contributed by atoms with Gasteiger partial charge in [-0.25, -0.2) is 0 Å². The zero-order chi connectivity index (χ0) is 15.5. The molecule has 0 amide bonds. The maximum Gasteiger partial charge on any atom is 0.401 e. The van der Waals surface area contributed by atoms with E-state index in [1.165, 1.54) is 4.90 Å². The third-order valence-corrected chi connectivity index (χ3v) is 3.98. The average Bonchev–Trinajstić information content (AvgIpc) is 2.46. The molecule has 0 radical (unpaired) electrons. The molecule has 1 saturated heterocycles. The summed E-state index contributed by atoms with van der Waals surface area (Å²) in [5.74, 6) is 0. The van der Waals surface area contributed by atoms with Gasteiger partial charge >= 0.3 is 6.18 Å². The molecule has 1 fully saturated rings. The van der Waals surface area contributed by atoms with Crippen LogP contribution in [0.5, 0.6) is 0 Å². The summed E-state index contributed by atoms with van der Waals surface area (Å²) < 4.78 is 37.1. The van der Waals surface area contributed by atoms with Gasteiger partial charge < -0.3 is 5.11 Å². The predicted octanol–water partition coefficient (Wildman–Crippen LogP) is 2.29. The molecule has 118 valence electrons. The SMILES string of the molecule is CC(C(O)c1ccccc1)N1CCN(CC(F)(F)F)CC1. The summed E-state index contributed by atoms with van der Waals surface area (Å²) in [5.41, 5.74) is 0.836. The second kappa shape index (κ2) is 6.77. The van der Waals surface area contributed by atoms with Gasteiger partial charge in [0.2, 0.25) is 0 Å². The van der Waals surface area contributed by atoms with Crippen LogP contribution in [-0.2, 0) is 0 Å². The molecule has 0 bridgehead atoms. The Kier molecular flexibility index (Phi) is 5.24. The Morgan fingerprint density at radius 2 is 1.67 bits per heavy atom. The molecule has 3 nitrogen and oxygen atoms in total.